The molecule has 0 bridgehead atoms. The number of ether oxygens (including phenoxy) is 1. The van der Waals surface area contributed by atoms with Crippen LogP contribution in [0.25, 0.3) is 5.65 Å². The zero-order valence-corrected chi connectivity index (χ0v) is 16.2. The second kappa shape index (κ2) is 9.64. The number of halogens is 1. The average Bonchev–Trinajstić information content (AvgIpc) is 3.19. The highest BCUT2D eigenvalue weighted by Crippen LogP contribution is 2.22. The van der Waals surface area contributed by atoms with E-state index in [9.17, 15) is 9.59 Å². The molecule has 26 heavy (non-hydrogen) atoms. The standard InChI is InChI=1S/C18H21N3O3S.ClH/c1-2-3-7-14-17(22)21(18(23)24-14)11-4-5-13-25-16-9-6-8-15-19-10-12-20(15)16;/h6-10,12H,2-5,11,13H2,1H3;1H. The Bertz CT molecular complexity index is 806. The van der Waals surface area contributed by atoms with E-state index in [-0.39, 0.29) is 24.1 Å². The number of imide groups is 1. The molecule has 3 heterocycles. The van der Waals surface area contributed by atoms with Crippen molar-refractivity contribution >= 4 is 41.8 Å². The monoisotopic (exact) mass is 395 g/mol. The molecule has 0 unspecified atom stereocenters. The number of amides is 2. The van der Waals surface area contributed by atoms with Gasteiger partial charge in [0.2, 0.25) is 0 Å². The van der Waals surface area contributed by atoms with Crippen molar-refractivity contribution in [3.8, 4) is 0 Å². The van der Waals surface area contributed by atoms with Gasteiger partial charge in [-0.3, -0.25) is 9.20 Å². The van der Waals surface area contributed by atoms with Gasteiger partial charge in [0.05, 0.1) is 5.03 Å². The number of pyridine rings is 1. The average molecular weight is 396 g/mol. The maximum Gasteiger partial charge on any atom is 0.422 e. The minimum Gasteiger partial charge on any atom is -0.404 e. The summed E-state index contributed by atoms with van der Waals surface area (Å²) < 4.78 is 7.09. The first kappa shape index (κ1) is 20.3. The number of rotatable bonds is 8. The number of aromatic nitrogens is 2. The molecule has 1 saturated heterocycles. The first-order valence-electron chi connectivity index (χ1n) is 8.49. The first-order chi connectivity index (χ1) is 12.2. The summed E-state index contributed by atoms with van der Waals surface area (Å²) in [6.07, 6.45) is 8.18. The predicted molar refractivity (Wildman–Crippen MR) is 104 cm³/mol. The van der Waals surface area contributed by atoms with Gasteiger partial charge in [-0.1, -0.05) is 19.4 Å². The lowest BCUT2D eigenvalue weighted by molar-refractivity contribution is -0.123. The molecule has 1 fully saturated rings. The Morgan fingerprint density at radius 3 is 2.92 bits per heavy atom. The van der Waals surface area contributed by atoms with Gasteiger partial charge in [0, 0.05) is 18.9 Å². The molecule has 8 heteroatoms. The third kappa shape index (κ3) is 4.59. The van der Waals surface area contributed by atoms with Gasteiger partial charge in [-0.25, -0.2) is 14.7 Å². The molecule has 0 N–H and O–H groups in total. The highest BCUT2D eigenvalue weighted by Gasteiger charge is 2.35. The number of carbonyl (C=O) groups excluding carboxylic acids is 2. The molecule has 1 aliphatic heterocycles. The number of hydrogen-bond donors (Lipinski definition) is 0. The van der Waals surface area contributed by atoms with E-state index in [2.05, 4.69) is 15.5 Å². The van der Waals surface area contributed by atoms with E-state index in [4.69, 9.17) is 4.74 Å². The largest absolute Gasteiger partial charge is 0.422 e. The van der Waals surface area contributed by atoms with E-state index in [1.54, 1.807) is 24.0 Å². The Morgan fingerprint density at radius 2 is 2.12 bits per heavy atom. The van der Waals surface area contributed by atoms with Crippen molar-refractivity contribution in [2.75, 3.05) is 12.3 Å². The summed E-state index contributed by atoms with van der Waals surface area (Å²) in [7, 11) is 0. The van der Waals surface area contributed by atoms with Crippen molar-refractivity contribution in [3.63, 3.8) is 0 Å². The number of allylic oxidation sites excluding steroid dienone is 1. The lowest BCUT2D eigenvalue weighted by Gasteiger charge is -2.10. The Morgan fingerprint density at radius 1 is 1.27 bits per heavy atom. The van der Waals surface area contributed by atoms with Crippen molar-refractivity contribution in [2.24, 2.45) is 0 Å². The van der Waals surface area contributed by atoms with Crippen LogP contribution >= 0.6 is 24.2 Å². The highest BCUT2D eigenvalue weighted by atomic mass is 35.5. The van der Waals surface area contributed by atoms with Crippen LogP contribution in [0.1, 0.15) is 32.6 Å². The van der Waals surface area contributed by atoms with Crippen molar-refractivity contribution in [1.82, 2.24) is 14.3 Å². The molecule has 0 aliphatic carbocycles. The second-order valence-electron chi connectivity index (χ2n) is 5.76. The maximum atomic E-state index is 12.1. The normalized spacial score (nSPS) is 15.6. The summed E-state index contributed by atoms with van der Waals surface area (Å²) >= 11 is 1.74. The predicted octanol–water partition coefficient (Wildman–Crippen LogP) is 4.29. The lowest BCUT2D eigenvalue weighted by Crippen LogP contribution is -2.29. The van der Waals surface area contributed by atoms with Crippen molar-refractivity contribution in [3.05, 3.63) is 42.4 Å². The number of hydrogen-bond acceptors (Lipinski definition) is 5. The fourth-order valence-electron chi connectivity index (χ4n) is 2.59. The van der Waals surface area contributed by atoms with Crippen LogP contribution in [0.2, 0.25) is 0 Å². The van der Waals surface area contributed by atoms with Gasteiger partial charge in [-0.15, -0.1) is 24.2 Å². The van der Waals surface area contributed by atoms with Crippen molar-refractivity contribution < 1.29 is 14.3 Å². The molecule has 1 aliphatic rings. The molecule has 0 spiro atoms. The van der Waals surface area contributed by atoms with Gasteiger partial charge < -0.3 is 4.74 Å². The molecule has 0 radical (unpaired) electrons. The number of nitrogens with zero attached hydrogens (tertiary/aromatic N) is 3. The number of thioether (sulfide) groups is 1. The zero-order valence-electron chi connectivity index (χ0n) is 14.6. The molecule has 2 aromatic heterocycles. The Hall–Kier alpha value is -1.99. The Labute approximate surface area is 163 Å². The fourth-order valence-corrected chi connectivity index (χ4v) is 3.62. The number of unbranched alkanes of at least 4 members (excludes halogenated alkanes) is 2. The number of cyclic esters (lactones) is 1. The Kier molecular flexibility index (Phi) is 7.53. The molecular weight excluding hydrogens is 374 g/mol. The summed E-state index contributed by atoms with van der Waals surface area (Å²) in [4.78, 5) is 29.4. The van der Waals surface area contributed by atoms with Gasteiger partial charge in [-0.05, 0) is 43.2 Å². The van der Waals surface area contributed by atoms with Gasteiger partial charge in [0.25, 0.3) is 5.91 Å². The third-order valence-corrected chi connectivity index (χ3v) is 5.03. The number of imidazole rings is 1. The van der Waals surface area contributed by atoms with Crippen molar-refractivity contribution in [1.29, 1.82) is 0 Å². The molecule has 140 valence electrons. The van der Waals surface area contributed by atoms with Crippen LogP contribution in [0.4, 0.5) is 4.79 Å². The smallest absolute Gasteiger partial charge is 0.404 e. The zero-order chi connectivity index (χ0) is 17.6. The molecule has 0 atom stereocenters. The minimum atomic E-state index is -0.553. The molecular formula is C18H22ClN3O3S. The number of fused-ring (bicyclic) bond motifs is 1. The first-order valence-corrected chi connectivity index (χ1v) is 9.48. The molecule has 2 aromatic rings. The summed E-state index contributed by atoms with van der Waals surface area (Å²) in [5.41, 5.74) is 0.932. The van der Waals surface area contributed by atoms with E-state index in [0.717, 1.165) is 42.1 Å². The van der Waals surface area contributed by atoms with Crippen molar-refractivity contribution in [2.45, 2.75) is 37.6 Å². The van der Waals surface area contributed by atoms with E-state index < -0.39 is 6.09 Å². The van der Waals surface area contributed by atoms with E-state index >= 15 is 0 Å². The fraction of sp³-hybridized carbons (Fsp3) is 0.389. The minimum absolute atomic E-state index is 0. The molecule has 2 amide bonds. The van der Waals surface area contributed by atoms with Crippen LogP contribution in [0.5, 0.6) is 0 Å². The SMILES string of the molecule is CCCC=C1OC(=O)N(CCCCSc2cccc3nccn23)C1=O.Cl. The lowest BCUT2D eigenvalue weighted by atomic mass is 10.3. The van der Waals surface area contributed by atoms with Crippen LogP contribution in [-0.2, 0) is 9.53 Å². The summed E-state index contributed by atoms with van der Waals surface area (Å²) in [5, 5.41) is 1.14. The maximum absolute atomic E-state index is 12.1. The quantitative estimate of drug-likeness (QED) is 0.379. The molecule has 3 rings (SSSR count). The summed E-state index contributed by atoms with van der Waals surface area (Å²) in [6, 6.07) is 6.03. The highest BCUT2D eigenvalue weighted by molar-refractivity contribution is 7.99. The van der Waals surface area contributed by atoms with Gasteiger partial charge >= 0.3 is 6.09 Å². The topological polar surface area (TPSA) is 63.9 Å². The Balaban J connectivity index is 0.00000243. The summed E-state index contributed by atoms with van der Waals surface area (Å²) in [5.74, 6) is 0.773. The van der Waals surface area contributed by atoms with E-state index in [0.29, 0.717) is 6.54 Å². The van der Waals surface area contributed by atoms with Gasteiger partial charge in [0.15, 0.2) is 5.76 Å². The van der Waals surface area contributed by atoms with Gasteiger partial charge in [-0.2, -0.15) is 0 Å². The van der Waals surface area contributed by atoms with E-state index in [1.807, 2.05) is 25.3 Å². The second-order valence-corrected chi connectivity index (χ2v) is 6.87. The van der Waals surface area contributed by atoms with Crippen LogP contribution in [0.15, 0.2) is 47.5 Å². The van der Waals surface area contributed by atoms with Crippen LogP contribution in [0, 0.1) is 0 Å². The molecule has 6 nitrogen and oxygen atoms in total. The van der Waals surface area contributed by atoms with E-state index in [1.165, 1.54) is 4.90 Å². The van der Waals surface area contributed by atoms with Gasteiger partial charge in [0.1, 0.15) is 5.65 Å². The third-order valence-electron chi connectivity index (χ3n) is 3.91. The molecule has 0 saturated carbocycles. The van der Waals surface area contributed by atoms with Crippen LogP contribution in [-0.4, -0.2) is 38.6 Å². The summed E-state index contributed by atoms with van der Waals surface area (Å²) in [6.45, 7) is 2.41. The number of carbonyl (C=O) groups is 2. The van der Waals surface area contributed by atoms with Crippen LogP contribution < -0.4 is 0 Å². The van der Waals surface area contributed by atoms with Crippen LogP contribution in [0.3, 0.4) is 0 Å². The molecule has 0 aromatic carbocycles.